The third-order valence-electron chi connectivity index (χ3n) is 3.62. The van der Waals surface area contributed by atoms with Crippen molar-refractivity contribution < 1.29 is 14.3 Å². The average Bonchev–Trinajstić information content (AvgIpc) is 2.38. The molecule has 3 nitrogen and oxygen atoms in total. The van der Waals surface area contributed by atoms with E-state index in [1.807, 2.05) is 0 Å². The minimum absolute atomic E-state index is 0.0674. The summed E-state index contributed by atoms with van der Waals surface area (Å²) < 4.78 is 13.6. The molecule has 2 rings (SSSR count). The summed E-state index contributed by atoms with van der Waals surface area (Å²) in [5.74, 6) is -0.876. The smallest absolute Gasteiger partial charge is 0.256 e. The largest absolute Gasteiger partial charge is 0.391 e. The van der Waals surface area contributed by atoms with Crippen molar-refractivity contribution in [3.8, 4) is 0 Å². The van der Waals surface area contributed by atoms with E-state index >= 15 is 0 Å². The molecule has 0 spiro atoms. The van der Waals surface area contributed by atoms with E-state index < -0.39 is 11.9 Å². The fourth-order valence-electron chi connectivity index (χ4n) is 2.52. The molecule has 1 aliphatic carbocycles. The van der Waals surface area contributed by atoms with E-state index in [-0.39, 0.29) is 17.5 Å². The van der Waals surface area contributed by atoms with Gasteiger partial charge in [0.25, 0.3) is 5.91 Å². The van der Waals surface area contributed by atoms with E-state index in [4.69, 9.17) is 0 Å². The Morgan fingerprint density at radius 3 is 2.67 bits per heavy atom. The molecule has 0 aliphatic heterocycles. The zero-order valence-electron chi connectivity index (χ0n) is 10.5. The summed E-state index contributed by atoms with van der Waals surface area (Å²) in [5, 5.41) is 9.92. The van der Waals surface area contributed by atoms with Crippen molar-refractivity contribution in [2.24, 2.45) is 0 Å². The maximum atomic E-state index is 13.6. The summed E-state index contributed by atoms with van der Waals surface area (Å²) in [5.41, 5.74) is 0.0674. The Kier molecular flexibility index (Phi) is 3.97. The van der Waals surface area contributed by atoms with Gasteiger partial charge < -0.3 is 10.0 Å². The van der Waals surface area contributed by atoms with Crippen molar-refractivity contribution in [1.82, 2.24) is 4.90 Å². The third kappa shape index (κ3) is 2.53. The predicted molar refractivity (Wildman–Crippen MR) is 66.8 cm³/mol. The summed E-state index contributed by atoms with van der Waals surface area (Å²) in [4.78, 5) is 13.7. The fourth-order valence-corrected chi connectivity index (χ4v) is 2.52. The zero-order chi connectivity index (χ0) is 13.1. The highest BCUT2D eigenvalue weighted by Crippen LogP contribution is 2.24. The minimum Gasteiger partial charge on any atom is -0.391 e. The molecule has 1 fully saturated rings. The van der Waals surface area contributed by atoms with Gasteiger partial charge in [0.1, 0.15) is 5.82 Å². The molecule has 2 unspecified atom stereocenters. The van der Waals surface area contributed by atoms with E-state index in [1.54, 1.807) is 19.2 Å². The molecule has 1 aromatic carbocycles. The second-order valence-corrected chi connectivity index (χ2v) is 4.82. The first-order chi connectivity index (χ1) is 8.61. The lowest BCUT2D eigenvalue weighted by Crippen LogP contribution is -2.46. The number of hydrogen-bond acceptors (Lipinski definition) is 2. The van der Waals surface area contributed by atoms with Gasteiger partial charge in [-0.05, 0) is 25.0 Å². The van der Waals surface area contributed by atoms with Crippen LogP contribution in [0.2, 0.25) is 0 Å². The van der Waals surface area contributed by atoms with Gasteiger partial charge in [-0.15, -0.1) is 0 Å². The number of nitrogens with zero attached hydrogens (tertiary/aromatic N) is 1. The van der Waals surface area contributed by atoms with Gasteiger partial charge in [0.05, 0.1) is 17.7 Å². The Morgan fingerprint density at radius 2 is 2.00 bits per heavy atom. The zero-order valence-corrected chi connectivity index (χ0v) is 10.5. The Labute approximate surface area is 106 Å². The molecule has 1 saturated carbocycles. The maximum Gasteiger partial charge on any atom is 0.256 e. The van der Waals surface area contributed by atoms with Crippen molar-refractivity contribution in [3.05, 3.63) is 35.6 Å². The lowest BCUT2D eigenvalue weighted by atomic mass is 9.91. The number of carbonyl (C=O) groups excluding carboxylic acids is 1. The molecule has 0 aromatic heterocycles. The summed E-state index contributed by atoms with van der Waals surface area (Å²) in [6.45, 7) is 0. The first kappa shape index (κ1) is 13.0. The van der Waals surface area contributed by atoms with Gasteiger partial charge in [-0.1, -0.05) is 25.0 Å². The van der Waals surface area contributed by atoms with Crippen molar-refractivity contribution in [2.75, 3.05) is 7.05 Å². The van der Waals surface area contributed by atoms with Crippen molar-refractivity contribution in [2.45, 2.75) is 37.8 Å². The second kappa shape index (κ2) is 5.48. The van der Waals surface area contributed by atoms with Crippen molar-refractivity contribution in [1.29, 1.82) is 0 Å². The van der Waals surface area contributed by atoms with Gasteiger partial charge in [-0.3, -0.25) is 4.79 Å². The molecule has 0 radical (unpaired) electrons. The average molecular weight is 251 g/mol. The van der Waals surface area contributed by atoms with Crippen LogP contribution in [-0.4, -0.2) is 35.1 Å². The number of halogens is 1. The molecular formula is C14H18FNO2. The number of aliphatic hydroxyl groups is 1. The number of benzene rings is 1. The van der Waals surface area contributed by atoms with Gasteiger partial charge in [-0.25, -0.2) is 4.39 Å². The number of amides is 1. The summed E-state index contributed by atoms with van der Waals surface area (Å²) in [6, 6.07) is 5.75. The molecule has 1 aromatic rings. The highest BCUT2D eigenvalue weighted by molar-refractivity contribution is 5.94. The van der Waals surface area contributed by atoms with Gasteiger partial charge in [0.15, 0.2) is 0 Å². The Bertz CT molecular complexity index is 436. The van der Waals surface area contributed by atoms with Crippen LogP contribution in [0.5, 0.6) is 0 Å². The molecule has 4 heteroatoms. The quantitative estimate of drug-likeness (QED) is 0.875. The Balaban J connectivity index is 2.16. The van der Waals surface area contributed by atoms with Gasteiger partial charge in [0.2, 0.25) is 0 Å². The van der Waals surface area contributed by atoms with Crippen LogP contribution in [0, 0.1) is 5.82 Å². The number of likely N-dealkylation sites (N-methyl/N-ethyl adjacent to an activating group) is 1. The van der Waals surface area contributed by atoms with E-state index in [2.05, 4.69) is 0 Å². The number of carbonyl (C=O) groups is 1. The molecule has 2 atom stereocenters. The Hall–Kier alpha value is -1.42. The molecule has 1 N–H and O–H groups in total. The lowest BCUT2D eigenvalue weighted by Gasteiger charge is -2.35. The van der Waals surface area contributed by atoms with Crippen molar-refractivity contribution >= 4 is 5.91 Å². The molecule has 1 amide bonds. The Morgan fingerprint density at radius 1 is 1.33 bits per heavy atom. The number of rotatable bonds is 2. The molecular weight excluding hydrogens is 233 g/mol. The first-order valence-electron chi connectivity index (χ1n) is 6.31. The van der Waals surface area contributed by atoms with Crippen LogP contribution in [0.4, 0.5) is 4.39 Å². The lowest BCUT2D eigenvalue weighted by molar-refractivity contribution is 0.0265. The van der Waals surface area contributed by atoms with Crippen LogP contribution in [0.1, 0.15) is 36.0 Å². The van der Waals surface area contributed by atoms with Crippen LogP contribution in [0.3, 0.4) is 0 Å². The summed E-state index contributed by atoms with van der Waals surface area (Å²) in [6.07, 6.45) is 2.97. The molecule has 0 saturated heterocycles. The molecule has 0 bridgehead atoms. The fraction of sp³-hybridized carbons (Fsp3) is 0.500. The number of hydrogen-bond donors (Lipinski definition) is 1. The first-order valence-corrected chi connectivity index (χ1v) is 6.31. The molecule has 0 heterocycles. The second-order valence-electron chi connectivity index (χ2n) is 4.82. The topological polar surface area (TPSA) is 40.5 Å². The highest BCUT2D eigenvalue weighted by atomic mass is 19.1. The van der Waals surface area contributed by atoms with Crippen molar-refractivity contribution in [3.63, 3.8) is 0 Å². The predicted octanol–water partition coefficient (Wildman–Crippen LogP) is 2.20. The summed E-state index contributed by atoms with van der Waals surface area (Å²) in [7, 11) is 1.63. The molecule has 18 heavy (non-hydrogen) atoms. The normalized spacial score (nSPS) is 23.7. The van der Waals surface area contributed by atoms with Crippen LogP contribution in [-0.2, 0) is 0 Å². The van der Waals surface area contributed by atoms with E-state index in [9.17, 15) is 14.3 Å². The standard InChI is InChI=1S/C14H18FNO2/c1-16(12-8-4-5-9-13(12)17)14(18)10-6-2-3-7-11(10)15/h2-3,6-7,12-13,17H,4-5,8-9H2,1H3. The SMILES string of the molecule is CN(C(=O)c1ccccc1F)C1CCCCC1O. The third-order valence-corrected chi connectivity index (χ3v) is 3.62. The van der Waals surface area contributed by atoms with Gasteiger partial charge >= 0.3 is 0 Å². The van der Waals surface area contributed by atoms with Gasteiger partial charge in [-0.2, -0.15) is 0 Å². The highest BCUT2D eigenvalue weighted by Gasteiger charge is 2.30. The molecule has 98 valence electrons. The monoisotopic (exact) mass is 251 g/mol. The number of aliphatic hydroxyl groups excluding tert-OH is 1. The van der Waals surface area contributed by atoms with Crippen LogP contribution < -0.4 is 0 Å². The molecule has 1 aliphatic rings. The summed E-state index contributed by atoms with van der Waals surface area (Å²) >= 11 is 0. The van der Waals surface area contributed by atoms with Crippen LogP contribution in [0.15, 0.2) is 24.3 Å². The van der Waals surface area contributed by atoms with Gasteiger partial charge in [0, 0.05) is 7.05 Å². The van der Waals surface area contributed by atoms with E-state index in [0.717, 1.165) is 19.3 Å². The maximum absolute atomic E-state index is 13.6. The minimum atomic E-state index is -0.514. The van der Waals surface area contributed by atoms with E-state index in [0.29, 0.717) is 6.42 Å². The van der Waals surface area contributed by atoms with E-state index in [1.165, 1.54) is 17.0 Å². The van der Waals surface area contributed by atoms with Crippen LogP contribution in [0.25, 0.3) is 0 Å². The van der Waals surface area contributed by atoms with Crippen LogP contribution >= 0.6 is 0 Å².